The summed E-state index contributed by atoms with van der Waals surface area (Å²) in [6, 6.07) is 1.48. The molecule has 1 aromatic carbocycles. The molecule has 1 spiro atoms. The number of aromatic nitrogens is 2. The Hall–Kier alpha value is -3.27. The molecule has 4 heterocycles. The second kappa shape index (κ2) is 6.91. The van der Waals surface area contributed by atoms with Gasteiger partial charge in [-0.2, -0.15) is 0 Å². The lowest BCUT2D eigenvalue weighted by molar-refractivity contribution is -0.127. The molecule has 0 unspecified atom stereocenters. The molecule has 0 saturated carbocycles. The average Bonchev–Trinajstić information content (AvgIpc) is 2.96. The summed E-state index contributed by atoms with van der Waals surface area (Å²) in [7, 11) is 0. The van der Waals surface area contributed by atoms with Crippen molar-refractivity contribution in [2.24, 2.45) is 5.41 Å². The van der Waals surface area contributed by atoms with Gasteiger partial charge in [0.05, 0.1) is 43.3 Å². The van der Waals surface area contributed by atoms with Gasteiger partial charge in [-0.1, -0.05) is 0 Å². The number of hydrogen-bond acceptors (Lipinski definition) is 6. The van der Waals surface area contributed by atoms with Gasteiger partial charge in [0.25, 0.3) is 0 Å². The Morgan fingerprint density at radius 1 is 1.23 bits per heavy atom. The van der Waals surface area contributed by atoms with E-state index < -0.39 is 17.7 Å². The van der Waals surface area contributed by atoms with E-state index in [1.165, 1.54) is 18.5 Å². The predicted molar refractivity (Wildman–Crippen MR) is 104 cm³/mol. The van der Waals surface area contributed by atoms with Crippen molar-refractivity contribution in [3.05, 3.63) is 47.5 Å². The summed E-state index contributed by atoms with van der Waals surface area (Å²) < 4.78 is 38.0. The van der Waals surface area contributed by atoms with Crippen LogP contribution >= 0.6 is 0 Å². The number of ether oxygens (including phenoxy) is 1. The van der Waals surface area contributed by atoms with Gasteiger partial charge < -0.3 is 24.7 Å². The maximum absolute atomic E-state index is 13.9. The van der Waals surface area contributed by atoms with Gasteiger partial charge in [0.15, 0.2) is 11.4 Å². The van der Waals surface area contributed by atoms with Gasteiger partial charge in [-0.05, 0) is 13.0 Å². The molecule has 0 aliphatic carbocycles. The Balaban J connectivity index is 1.18. The number of benzene rings is 1. The lowest BCUT2D eigenvalue weighted by Gasteiger charge is -2.54. The fourth-order valence-electron chi connectivity index (χ4n) is 3.82. The predicted octanol–water partition coefficient (Wildman–Crippen LogP) is 2.97. The second-order valence-electron chi connectivity index (χ2n) is 7.84. The van der Waals surface area contributed by atoms with Crippen LogP contribution in [0.3, 0.4) is 0 Å². The van der Waals surface area contributed by atoms with Crippen LogP contribution in [0.4, 0.5) is 25.2 Å². The van der Waals surface area contributed by atoms with Crippen LogP contribution in [0, 0.1) is 24.0 Å². The molecule has 30 heavy (non-hydrogen) atoms. The number of amides is 2. The molecule has 2 aliphatic heterocycles. The zero-order valence-electron chi connectivity index (χ0n) is 16.2. The van der Waals surface area contributed by atoms with Crippen LogP contribution in [-0.2, 0) is 11.3 Å². The standard InChI is InChI=1S/C20H19F2N5O3/c1-11-14-2-12(21)3-15(22)17(14)30-16(11)6-25-19(28)26-13-4-23-18(24-5-13)27-7-20(8-27)9-29-10-20/h2-5H,6-10H2,1H3,(H2,25,26,28). The van der Waals surface area contributed by atoms with Crippen molar-refractivity contribution in [2.75, 3.05) is 36.5 Å². The number of anilines is 2. The Bertz CT molecular complexity index is 1120. The summed E-state index contributed by atoms with van der Waals surface area (Å²) in [5.41, 5.74) is 1.24. The van der Waals surface area contributed by atoms with E-state index >= 15 is 0 Å². The molecule has 2 fully saturated rings. The van der Waals surface area contributed by atoms with Crippen molar-refractivity contribution >= 4 is 28.6 Å². The fourth-order valence-corrected chi connectivity index (χ4v) is 3.82. The Kier molecular flexibility index (Phi) is 4.31. The van der Waals surface area contributed by atoms with Crippen molar-refractivity contribution in [2.45, 2.75) is 13.5 Å². The van der Waals surface area contributed by atoms with Gasteiger partial charge in [-0.25, -0.2) is 23.5 Å². The van der Waals surface area contributed by atoms with Crippen LogP contribution in [0.2, 0.25) is 0 Å². The third-order valence-electron chi connectivity index (χ3n) is 5.51. The maximum Gasteiger partial charge on any atom is 0.319 e. The third kappa shape index (κ3) is 3.22. The number of urea groups is 1. The van der Waals surface area contributed by atoms with E-state index in [-0.39, 0.29) is 17.5 Å². The highest BCUT2D eigenvalue weighted by atomic mass is 19.1. The summed E-state index contributed by atoms with van der Waals surface area (Å²) in [4.78, 5) is 22.8. The zero-order valence-corrected chi connectivity index (χ0v) is 16.2. The maximum atomic E-state index is 13.9. The van der Waals surface area contributed by atoms with E-state index in [2.05, 4.69) is 25.5 Å². The highest BCUT2D eigenvalue weighted by Crippen LogP contribution is 2.38. The van der Waals surface area contributed by atoms with Gasteiger partial charge in [0.1, 0.15) is 11.6 Å². The quantitative estimate of drug-likeness (QED) is 0.681. The molecule has 0 radical (unpaired) electrons. The molecule has 2 aromatic heterocycles. The molecule has 156 valence electrons. The van der Waals surface area contributed by atoms with Gasteiger partial charge >= 0.3 is 6.03 Å². The Labute approximate surface area is 170 Å². The van der Waals surface area contributed by atoms with Crippen molar-refractivity contribution in [1.29, 1.82) is 0 Å². The van der Waals surface area contributed by atoms with Gasteiger partial charge in [0, 0.05) is 30.1 Å². The van der Waals surface area contributed by atoms with Crippen LogP contribution in [0.5, 0.6) is 0 Å². The molecule has 2 saturated heterocycles. The van der Waals surface area contributed by atoms with Crippen LogP contribution < -0.4 is 15.5 Å². The summed E-state index contributed by atoms with van der Waals surface area (Å²) in [6.07, 6.45) is 3.07. The molecule has 5 rings (SSSR count). The van der Waals surface area contributed by atoms with Crippen LogP contribution in [-0.4, -0.2) is 42.3 Å². The minimum absolute atomic E-state index is 0.0181. The first-order chi connectivity index (χ1) is 14.4. The normalized spacial score (nSPS) is 17.0. The van der Waals surface area contributed by atoms with Crippen LogP contribution in [0.25, 0.3) is 11.0 Å². The molecule has 0 bridgehead atoms. The third-order valence-corrected chi connectivity index (χ3v) is 5.51. The van der Waals surface area contributed by atoms with E-state index in [0.717, 1.165) is 32.4 Å². The number of rotatable bonds is 4. The first kappa shape index (κ1) is 18.7. The van der Waals surface area contributed by atoms with E-state index in [1.54, 1.807) is 6.92 Å². The summed E-state index contributed by atoms with van der Waals surface area (Å²) in [5, 5.41) is 5.61. The number of hydrogen-bond donors (Lipinski definition) is 2. The van der Waals surface area contributed by atoms with Crippen molar-refractivity contribution in [3.8, 4) is 0 Å². The monoisotopic (exact) mass is 415 g/mol. The van der Waals surface area contributed by atoms with Gasteiger partial charge in [-0.15, -0.1) is 0 Å². The molecule has 3 aromatic rings. The minimum Gasteiger partial charge on any atom is -0.456 e. The SMILES string of the molecule is Cc1c(CNC(=O)Nc2cnc(N3CC4(COC4)C3)nc2)oc2c(F)cc(F)cc12. The van der Waals surface area contributed by atoms with Gasteiger partial charge in [0.2, 0.25) is 5.95 Å². The highest BCUT2D eigenvalue weighted by Gasteiger charge is 2.49. The second-order valence-corrected chi connectivity index (χ2v) is 7.84. The molecule has 2 aliphatic rings. The number of carbonyl (C=O) groups excluding carboxylic acids is 1. The molecule has 2 N–H and O–H groups in total. The fraction of sp³-hybridized carbons (Fsp3) is 0.350. The van der Waals surface area contributed by atoms with E-state index in [1.807, 2.05) is 0 Å². The molecule has 2 amide bonds. The minimum atomic E-state index is -0.779. The number of furan rings is 1. The molecular weight excluding hydrogens is 396 g/mol. The summed E-state index contributed by atoms with van der Waals surface area (Å²) in [5.74, 6) is -0.494. The lowest BCUT2D eigenvalue weighted by atomic mass is 9.78. The van der Waals surface area contributed by atoms with Crippen LogP contribution in [0.1, 0.15) is 11.3 Å². The summed E-state index contributed by atoms with van der Waals surface area (Å²) >= 11 is 0. The molecule has 0 atom stereocenters. The largest absolute Gasteiger partial charge is 0.456 e. The molecule has 10 heteroatoms. The van der Waals surface area contributed by atoms with E-state index in [0.29, 0.717) is 28.3 Å². The molecule has 8 nitrogen and oxygen atoms in total. The van der Waals surface area contributed by atoms with Crippen LogP contribution in [0.15, 0.2) is 28.9 Å². The molecular formula is C20H19F2N5O3. The van der Waals surface area contributed by atoms with Gasteiger partial charge in [-0.3, -0.25) is 0 Å². The summed E-state index contributed by atoms with van der Waals surface area (Å²) in [6.45, 7) is 5.03. The highest BCUT2D eigenvalue weighted by molar-refractivity contribution is 5.89. The topological polar surface area (TPSA) is 92.5 Å². The smallest absolute Gasteiger partial charge is 0.319 e. The average molecular weight is 415 g/mol. The number of nitrogens with one attached hydrogen (secondary N) is 2. The van der Waals surface area contributed by atoms with Crippen molar-refractivity contribution < 1.29 is 22.7 Å². The first-order valence-electron chi connectivity index (χ1n) is 9.49. The number of aryl methyl sites for hydroxylation is 1. The number of nitrogens with zero attached hydrogens (tertiary/aromatic N) is 3. The number of fused-ring (bicyclic) bond motifs is 1. The van der Waals surface area contributed by atoms with Crippen molar-refractivity contribution in [3.63, 3.8) is 0 Å². The Morgan fingerprint density at radius 2 is 1.97 bits per heavy atom. The van der Waals surface area contributed by atoms with E-state index in [9.17, 15) is 13.6 Å². The number of carbonyl (C=O) groups is 1. The lowest BCUT2D eigenvalue weighted by Crippen LogP contribution is -2.66. The van der Waals surface area contributed by atoms with Crippen molar-refractivity contribution in [1.82, 2.24) is 15.3 Å². The number of halogens is 2. The van der Waals surface area contributed by atoms with E-state index in [4.69, 9.17) is 9.15 Å². The Morgan fingerprint density at radius 3 is 2.63 bits per heavy atom. The first-order valence-corrected chi connectivity index (χ1v) is 9.49. The zero-order chi connectivity index (χ0) is 20.9.